The SMILES string of the molecule is O=C(CCCSc1ccc(Cl)cc1)Nc1ccc(C(F)(F)F)cc1. The van der Waals surface area contributed by atoms with Gasteiger partial charge < -0.3 is 5.32 Å². The Morgan fingerprint density at radius 3 is 2.25 bits per heavy atom. The minimum atomic E-state index is -4.37. The van der Waals surface area contributed by atoms with Gasteiger partial charge in [0.2, 0.25) is 5.91 Å². The smallest absolute Gasteiger partial charge is 0.326 e. The summed E-state index contributed by atoms with van der Waals surface area (Å²) >= 11 is 7.42. The predicted octanol–water partition coefficient (Wildman–Crippen LogP) is 5.87. The summed E-state index contributed by atoms with van der Waals surface area (Å²) in [6.07, 6.45) is -3.40. The van der Waals surface area contributed by atoms with Crippen LogP contribution in [0, 0.1) is 0 Å². The molecule has 0 bridgehead atoms. The second-order valence-corrected chi connectivity index (χ2v) is 6.63. The monoisotopic (exact) mass is 373 g/mol. The Kier molecular flexibility index (Phi) is 6.57. The molecule has 7 heteroatoms. The van der Waals surface area contributed by atoms with Crippen molar-refractivity contribution < 1.29 is 18.0 Å². The van der Waals surface area contributed by atoms with Gasteiger partial charge in [-0.15, -0.1) is 11.8 Å². The van der Waals surface area contributed by atoms with Gasteiger partial charge >= 0.3 is 6.18 Å². The molecule has 24 heavy (non-hydrogen) atoms. The average Bonchev–Trinajstić information content (AvgIpc) is 2.53. The number of thioether (sulfide) groups is 1. The van der Waals surface area contributed by atoms with Crippen molar-refractivity contribution in [3.63, 3.8) is 0 Å². The van der Waals surface area contributed by atoms with Gasteiger partial charge in [-0.25, -0.2) is 0 Å². The summed E-state index contributed by atoms with van der Waals surface area (Å²) in [7, 11) is 0. The molecule has 128 valence electrons. The van der Waals surface area contributed by atoms with Gasteiger partial charge in [0.1, 0.15) is 0 Å². The van der Waals surface area contributed by atoms with Crippen LogP contribution >= 0.6 is 23.4 Å². The first kappa shape index (κ1) is 18.7. The lowest BCUT2D eigenvalue weighted by atomic mass is 10.2. The number of anilines is 1. The summed E-state index contributed by atoms with van der Waals surface area (Å²) in [5.74, 6) is 0.550. The average molecular weight is 374 g/mol. The van der Waals surface area contributed by atoms with Crippen molar-refractivity contribution in [3.05, 3.63) is 59.1 Å². The van der Waals surface area contributed by atoms with Crippen LogP contribution in [0.4, 0.5) is 18.9 Å². The fourth-order valence-corrected chi connectivity index (χ4v) is 2.90. The molecule has 0 saturated heterocycles. The maximum atomic E-state index is 12.5. The number of amides is 1. The molecule has 1 N–H and O–H groups in total. The summed E-state index contributed by atoms with van der Waals surface area (Å²) in [5.41, 5.74) is -0.377. The summed E-state index contributed by atoms with van der Waals surface area (Å²) in [6.45, 7) is 0. The molecular weight excluding hydrogens is 359 g/mol. The molecule has 0 saturated carbocycles. The molecule has 0 fully saturated rings. The van der Waals surface area contributed by atoms with Crippen LogP contribution in [0.5, 0.6) is 0 Å². The number of rotatable bonds is 6. The van der Waals surface area contributed by atoms with Crippen molar-refractivity contribution in [1.82, 2.24) is 0 Å². The Bertz CT molecular complexity index is 672. The van der Waals surface area contributed by atoms with Crippen LogP contribution < -0.4 is 5.32 Å². The third kappa shape index (κ3) is 6.09. The molecule has 2 rings (SSSR count). The topological polar surface area (TPSA) is 29.1 Å². The molecule has 2 nitrogen and oxygen atoms in total. The highest BCUT2D eigenvalue weighted by Gasteiger charge is 2.29. The van der Waals surface area contributed by atoms with Gasteiger partial charge in [-0.2, -0.15) is 13.2 Å². The minimum absolute atomic E-state index is 0.216. The van der Waals surface area contributed by atoms with E-state index in [0.29, 0.717) is 23.6 Å². The van der Waals surface area contributed by atoms with Crippen molar-refractivity contribution in [2.45, 2.75) is 23.9 Å². The molecule has 0 atom stereocenters. The maximum absolute atomic E-state index is 12.5. The van der Waals surface area contributed by atoms with Crippen LogP contribution in [0.3, 0.4) is 0 Å². The molecule has 1 amide bonds. The molecule has 2 aromatic carbocycles. The first-order valence-electron chi connectivity index (χ1n) is 7.20. The van der Waals surface area contributed by atoms with Crippen LogP contribution in [0.1, 0.15) is 18.4 Å². The molecule has 2 aromatic rings. The first-order valence-corrected chi connectivity index (χ1v) is 8.56. The van der Waals surface area contributed by atoms with Gasteiger partial charge in [-0.05, 0) is 60.7 Å². The van der Waals surface area contributed by atoms with Crippen molar-refractivity contribution in [2.75, 3.05) is 11.1 Å². The normalized spacial score (nSPS) is 11.3. The van der Waals surface area contributed by atoms with Crippen LogP contribution in [-0.4, -0.2) is 11.7 Å². The maximum Gasteiger partial charge on any atom is 0.416 e. The van der Waals surface area contributed by atoms with Crippen LogP contribution in [-0.2, 0) is 11.0 Å². The van der Waals surface area contributed by atoms with E-state index in [4.69, 9.17) is 11.6 Å². The standard InChI is InChI=1S/C17H15ClF3NOS/c18-13-5-9-15(10-6-13)24-11-1-2-16(23)22-14-7-3-12(4-8-14)17(19,20)21/h3-10H,1-2,11H2,(H,22,23). The van der Waals surface area contributed by atoms with E-state index in [2.05, 4.69) is 5.32 Å². The Labute approximate surface area is 147 Å². The third-order valence-corrected chi connectivity index (χ3v) is 4.48. The van der Waals surface area contributed by atoms with Crippen molar-refractivity contribution in [1.29, 1.82) is 0 Å². The zero-order valence-electron chi connectivity index (χ0n) is 12.6. The van der Waals surface area contributed by atoms with Crippen LogP contribution in [0.2, 0.25) is 5.02 Å². The molecule has 0 aromatic heterocycles. The van der Waals surface area contributed by atoms with E-state index < -0.39 is 11.7 Å². The molecular formula is C17H15ClF3NOS. The number of carbonyl (C=O) groups excluding carboxylic acids is 1. The molecule has 0 aliphatic carbocycles. The number of nitrogens with one attached hydrogen (secondary N) is 1. The number of benzene rings is 2. The molecule has 0 spiro atoms. The van der Waals surface area contributed by atoms with Crippen LogP contribution in [0.15, 0.2) is 53.4 Å². The lowest BCUT2D eigenvalue weighted by Gasteiger charge is -2.09. The number of halogens is 4. The lowest BCUT2D eigenvalue weighted by molar-refractivity contribution is -0.137. The van der Waals surface area contributed by atoms with Gasteiger partial charge in [0, 0.05) is 22.0 Å². The summed E-state index contributed by atoms with van der Waals surface area (Å²) in [6, 6.07) is 11.8. The van der Waals surface area contributed by atoms with E-state index in [1.54, 1.807) is 23.9 Å². The summed E-state index contributed by atoms with van der Waals surface area (Å²) < 4.78 is 37.4. The fraction of sp³-hybridized carbons (Fsp3) is 0.235. The van der Waals surface area contributed by atoms with E-state index in [-0.39, 0.29) is 5.91 Å². The fourth-order valence-electron chi connectivity index (χ4n) is 1.92. The Balaban J connectivity index is 1.72. The van der Waals surface area contributed by atoms with E-state index in [1.165, 1.54) is 12.1 Å². The number of carbonyl (C=O) groups is 1. The van der Waals surface area contributed by atoms with Crippen molar-refractivity contribution in [3.8, 4) is 0 Å². The van der Waals surface area contributed by atoms with Gasteiger partial charge in [0.15, 0.2) is 0 Å². The minimum Gasteiger partial charge on any atom is -0.326 e. The molecule has 0 radical (unpaired) electrons. The molecule has 0 aliphatic rings. The van der Waals surface area contributed by atoms with Gasteiger partial charge in [0.25, 0.3) is 0 Å². The largest absolute Gasteiger partial charge is 0.416 e. The Morgan fingerprint density at radius 2 is 1.67 bits per heavy atom. The van der Waals surface area contributed by atoms with Gasteiger partial charge in [-0.1, -0.05) is 11.6 Å². The van der Waals surface area contributed by atoms with E-state index in [0.717, 1.165) is 22.8 Å². The Morgan fingerprint density at radius 1 is 1.04 bits per heavy atom. The first-order chi connectivity index (χ1) is 11.3. The van der Waals surface area contributed by atoms with Crippen LogP contribution in [0.25, 0.3) is 0 Å². The van der Waals surface area contributed by atoms with Gasteiger partial charge in [0.05, 0.1) is 5.56 Å². The quantitative estimate of drug-likeness (QED) is 0.506. The van der Waals surface area contributed by atoms with E-state index in [9.17, 15) is 18.0 Å². The summed E-state index contributed by atoms with van der Waals surface area (Å²) in [4.78, 5) is 12.9. The second kappa shape index (κ2) is 8.44. The van der Waals surface area contributed by atoms with Gasteiger partial charge in [-0.3, -0.25) is 4.79 Å². The van der Waals surface area contributed by atoms with E-state index >= 15 is 0 Å². The second-order valence-electron chi connectivity index (χ2n) is 5.03. The highest BCUT2D eigenvalue weighted by Crippen LogP contribution is 2.29. The number of hydrogen-bond acceptors (Lipinski definition) is 2. The predicted molar refractivity (Wildman–Crippen MR) is 91.5 cm³/mol. The number of alkyl halides is 3. The summed E-state index contributed by atoms with van der Waals surface area (Å²) in [5, 5.41) is 3.27. The lowest BCUT2D eigenvalue weighted by Crippen LogP contribution is -2.12. The highest BCUT2D eigenvalue weighted by atomic mass is 35.5. The molecule has 0 aliphatic heterocycles. The molecule has 0 heterocycles. The zero-order valence-corrected chi connectivity index (χ0v) is 14.1. The third-order valence-electron chi connectivity index (χ3n) is 3.13. The van der Waals surface area contributed by atoms with Crippen molar-refractivity contribution >= 4 is 35.0 Å². The number of hydrogen-bond donors (Lipinski definition) is 1. The van der Waals surface area contributed by atoms with Crippen molar-refractivity contribution in [2.24, 2.45) is 0 Å². The molecule has 0 unspecified atom stereocenters. The zero-order chi connectivity index (χ0) is 17.6. The highest BCUT2D eigenvalue weighted by molar-refractivity contribution is 7.99. The van der Waals surface area contributed by atoms with E-state index in [1.807, 2.05) is 12.1 Å². The Hall–Kier alpha value is -1.66.